The van der Waals surface area contributed by atoms with Crippen LogP contribution in [0.2, 0.25) is 0 Å². The third kappa shape index (κ3) is 7.58. The van der Waals surface area contributed by atoms with Gasteiger partial charge in [-0.2, -0.15) is 0 Å². The minimum absolute atomic E-state index is 0.0536. The summed E-state index contributed by atoms with van der Waals surface area (Å²) < 4.78 is 0. The zero-order valence-corrected chi connectivity index (χ0v) is 12.4. The Morgan fingerprint density at radius 2 is 2.00 bits per heavy atom. The maximum absolute atomic E-state index is 12.0. The molecule has 6 heteroatoms. The number of rotatable bonds is 9. The van der Waals surface area contributed by atoms with E-state index < -0.39 is 0 Å². The molecule has 3 N–H and O–H groups in total. The Morgan fingerprint density at radius 1 is 1.39 bits per heavy atom. The lowest BCUT2D eigenvalue weighted by molar-refractivity contribution is -0.131. The summed E-state index contributed by atoms with van der Waals surface area (Å²) in [4.78, 5) is 16.1. The number of carbonyl (C=O) groups excluding carboxylic acids is 1. The van der Waals surface area contributed by atoms with Gasteiger partial charge >= 0.3 is 0 Å². The lowest BCUT2D eigenvalue weighted by atomic mass is 10.2. The fraction of sp³-hybridized carbons (Fsp3) is 0.833. The van der Waals surface area contributed by atoms with E-state index >= 15 is 0 Å². The predicted octanol–water partition coefficient (Wildman–Crippen LogP) is 0.214. The molecule has 0 aliphatic rings. The Kier molecular flexibility index (Phi) is 8.87. The number of likely N-dealkylation sites (N-methyl/N-ethyl adjacent to an activating group) is 1. The van der Waals surface area contributed by atoms with Gasteiger partial charge in [-0.1, -0.05) is 12.2 Å². The molecular weight excluding hydrogens is 250 g/mol. The van der Waals surface area contributed by atoms with E-state index in [0.29, 0.717) is 30.9 Å². The van der Waals surface area contributed by atoms with Crippen LogP contribution in [0.4, 0.5) is 0 Å². The number of amides is 1. The van der Waals surface area contributed by atoms with E-state index in [0.717, 1.165) is 6.54 Å². The molecular formula is C12H25N3O2S. The van der Waals surface area contributed by atoms with Crippen LogP contribution in [0.15, 0.2) is 0 Å². The molecule has 18 heavy (non-hydrogen) atoms. The third-order valence-electron chi connectivity index (χ3n) is 2.79. The summed E-state index contributed by atoms with van der Waals surface area (Å²) in [6.45, 7) is 5.88. The fourth-order valence-corrected chi connectivity index (χ4v) is 1.58. The number of aliphatic hydroxyl groups is 1. The minimum Gasteiger partial charge on any atom is -0.396 e. The second-order valence-corrected chi connectivity index (χ2v) is 5.20. The first-order chi connectivity index (χ1) is 8.38. The van der Waals surface area contributed by atoms with Crippen LogP contribution in [0.1, 0.15) is 26.7 Å². The average Bonchev–Trinajstić information content (AvgIpc) is 2.30. The van der Waals surface area contributed by atoms with Gasteiger partial charge in [0.05, 0.1) is 11.5 Å². The maximum Gasteiger partial charge on any atom is 0.236 e. The average molecular weight is 275 g/mol. The highest BCUT2D eigenvalue weighted by atomic mass is 32.1. The highest BCUT2D eigenvalue weighted by Gasteiger charge is 2.16. The summed E-state index contributed by atoms with van der Waals surface area (Å²) in [6, 6.07) is 0.282. The van der Waals surface area contributed by atoms with Crippen molar-refractivity contribution in [2.24, 2.45) is 5.73 Å². The molecule has 0 rings (SSSR count). The highest BCUT2D eigenvalue weighted by Crippen LogP contribution is 2.01. The Bertz CT molecular complexity index is 272. The van der Waals surface area contributed by atoms with Crippen molar-refractivity contribution in [2.45, 2.75) is 32.7 Å². The summed E-state index contributed by atoms with van der Waals surface area (Å²) in [7, 11) is 1.76. The number of aliphatic hydroxyl groups excluding tert-OH is 1. The Hall–Kier alpha value is -0.720. The van der Waals surface area contributed by atoms with Gasteiger partial charge in [0, 0.05) is 39.2 Å². The van der Waals surface area contributed by atoms with Crippen molar-refractivity contribution >= 4 is 23.1 Å². The molecule has 0 aliphatic carbocycles. The fourth-order valence-electron chi connectivity index (χ4n) is 1.49. The Morgan fingerprint density at radius 3 is 2.44 bits per heavy atom. The van der Waals surface area contributed by atoms with Crippen molar-refractivity contribution in [3.05, 3.63) is 0 Å². The van der Waals surface area contributed by atoms with Gasteiger partial charge in [-0.15, -0.1) is 0 Å². The summed E-state index contributed by atoms with van der Waals surface area (Å²) >= 11 is 4.79. The van der Waals surface area contributed by atoms with E-state index in [1.54, 1.807) is 11.9 Å². The van der Waals surface area contributed by atoms with E-state index in [1.807, 2.05) is 13.8 Å². The van der Waals surface area contributed by atoms with E-state index in [9.17, 15) is 4.79 Å². The zero-order valence-electron chi connectivity index (χ0n) is 11.6. The van der Waals surface area contributed by atoms with Crippen LogP contribution in [0.3, 0.4) is 0 Å². The first kappa shape index (κ1) is 17.3. The van der Waals surface area contributed by atoms with Gasteiger partial charge in [-0.25, -0.2) is 0 Å². The molecule has 0 saturated carbocycles. The van der Waals surface area contributed by atoms with Gasteiger partial charge in [-0.05, 0) is 20.3 Å². The molecule has 0 atom stereocenters. The van der Waals surface area contributed by atoms with Gasteiger partial charge in [0.25, 0.3) is 0 Å². The van der Waals surface area contributed by atoms with Crippen LogP contribution < -0.4 is 5.73 Å². The van der Waals surface area contributed by atoms with Gasteiger partial charge in [0.15, 0.2) is 0 Å². The molecule has 0 bridgehead atoms. The van der Waals surface area contributed by atoms with Crippen LogP contribution in [-0.4, -0.2) is 65.1 Å². The summed E-state index contributed by atoms with van der Waals surface area (Å²) in [5.41, 5.74) is 5.41. The summed E-state index contributed by atoms with van der Waals surface area (Å²) in [5, 5.41) is 8.84. The largest absolute Gasteiger partial charge is 0.396 e. The SMILES string of the molecule is CC(C)N(CCCO)CC(=O)N(C)CCC(N)=S. The molecule has 0 aromatic carbocycles. The lowest BCUT2D eigenvalue weighted by Crippen LogP contribution is -2.42. The molecule has 0 unspecified atom stereocenters. The zero-order chi connectivity index (χ0) is 14.1. The highest BCUT2D eigenvalue weighted by molar-refractivity contribution is 7.80. The summed E-state index contributed by atoms with van der Waals surface area (Å²) in [6.07, 6.45) is 1.23. The van der Waals surface area contributed by atoms with Crippen molar-refractivity contribution in [1.29, 1.82) is 0 Å². The van der Waals surface area contributed by atoms with Crippen molar-refractivity contribution in [1.82, 2.24) is 9.80 Å². The Balaban J connectivity index is 4.18. The van der Waals surface area contributed by atoms with Crippen molar-refractivity contribution < 1.29 is 9.90 Å². The van der Waals surface area contributed by atoms with Gasteiger partial charge in [0.1, 0.15) is 0 Å². The van der Waals surface area contributed by atoms with Gasteiger partial charge in [-0.3, -0.25) is 9.69 Å². The third-order valence-corrected chi connectivity index (χ3v) is 3.00. The molecule has 0 radical (unpaired) electrons. The smallest absolute Gasteiger partial charge is 0.236 e. The van der Waals surface area contributed by atoms with Gasteiger partial charge < -0.3 is 15.7 Å². The van der Waals surface area contributed by atoms with Crippen LogP contribution in [0, 0.1) is 0 Å². The van der Waals surface area contributed by atoms with E-state index in [2.05, 4.69) is 4.90 Å². The van der Waals surface area contributed by atoms with Crippen LogP contribution >= 0.6 is 12.2 Å². The molecule has 1 amide bonds. The molecule has 0 aliphatic heterocycles. The molecule has 106 valence electrons. The number of thiocarbonyl (C=S) groups is 1. The normalized spacial score (nSPS) is 11.0. The summed E-state index contributed by atoms with van der Waals surface area (Å²) in [5.74, 6) is 0.0536. The van der Waals surface area contributed by atoms with Crippen LogP contribution in [0.25, 0.3) is 0 Å². The van der Waals surface area contributed by atoms with E-state index in [1.165, 1.54) is 0 Å². The number of hydrogen-bond donors (Lipinski definition) is 2. The predicted molar refractivity (Wildman–Crippen MR) is 77.5 cm³/mol. The first-order valence-electron chi connectivity index (χ1n) is 6.25. The first-order valence-corrected chi connectivity index (χ1v) is 6.66. The molecule has 0 fully saturated rings. The quantitative estimate of drug-likeness (QED) is 0.589. The van der Waals surface area contributed by atoms with E-state index in [-0.39, 0.29) is 18.6 Å². The molecule has 0 heterocycles. The molecule has 5 nitrogen and oxygen atoms in total. The van der Waals surface area contributed by atoms with E-state index in [4.69, 9.17) is 23.1 Å². The standard InChI is InChI=1S/C12H25N3O2S/c1-10(2)15(6-4-8-16)9-12(17)14(3)7-5-11(13)18/h10,16H,4-9H2,1-3H3,(H2,13,18). The topological polar surface area (TPSA) is 69.8 Å². The monoisotopic (exact) mass is 275 g/mol. The molecule has 0 spiro atoms. The number of nitrogens with zero attached hydrogens (tertiary/aromatic N) is 2. The molecule has 0 aromatic heterocycles. The van der Waals surface area contributed by atoms with Crippen molar-refractivity contribution in [3.63, 3.8) is 0 Å². The Labute approximate surface area is 115 Å². The second kappa shape index (κ2) is 9.24. The number of carbonyl (C=O) groups is 1. The van der Waals surface area contributed by atoms with Crippen LogP contribution in [-0.2, 0) is 4.79 Å². The number of nitrogens with two attached hydrogens (primary N) is 1. The lowest BCUT2D eigenvalue weighted by Gasteiger charge is -2.28. The molecule has 0 aromatic rings. The maximum atomic E-state index is 12.0. The van der Waals surface area contributed by atoms with Gasteiger partial charge in [0.2, 0.25) is 5.91 Å². The minimum atomic E-state index is 0.0536. The van der Waals surface area contributed by atoms with Crippen molar-refractivity contribution in [3.8, 4) is 0 Å². The second-order valence-electron chi connectivity index (χ2n) is 4.67. The van der Waals surface area contributed by atoms with Crippen molar-refractivity contribution in [2.75, 3.05) is 33.3 Å². The van der Waals surface area contributed by atoms with Crippen LogP contribution in [0.5, 0.6) is 0 Å². The molecule has 0 saturated heterocycles. The number of hydrogen-bond acceptors (Lipinski definition) is 4.